The molecule has 0 aliphatic rings. The number of esters is 1. The van der Waals surface area contributed by atoms with Gasteiger partial charge in [-0.15, -0.1) is 5.10 Å². The van der Waals surface area contributed by atoms with Crippen molar-refractivity contribution in [3.63, 3.8) is 0 Å². The molecule has 0 radical (unpaired) electrons. The van der Waals surface area contributed by atoms with Gasteiger partial charge < -0.3 is 4.74 Å². The van der Waals surface area contributed by atoms with Crippen LogP contribution in [0.2, 0.25) is 5.15 Å². The first-order valence-electron chi connectivity index (χ1n) is 3.27. The Morgan fingerprint density at radius 1 is 1.75 bits per heavy atom. The Morgan fingerprint density at radius 3 is 3.08 bits per heavy atom. The fourth-order valence-electron chi connectivity index (χ4n) is 0.700. The molecule has 0 fully saturated rings. The molecule has 4 nitrogen and oxygen atoms in total. The van der Waals surface area contributed by atoms with E-state index >= 15 is 0 Å². The third-order valence-corrected chi connectivity index (χ3v) is 1.63. The van der Waals surface area contributed by atoms with Gasteiger partial charge in [-0.2, -0.15) is 5.10 Å². The zero-order chi connectivity index (χ0) is 8.97. The van der Waals surface area contributed by atoms with Gasteiger partial charge in [0, 0.05) is 11.8 Å². The molecule has 0 saturated heterocycles. The smallest absolute Gasteiger partial charge is 0.310 e. The number of aromatic nitrogens is 2. The summed E-state index contributed by atoms with van der Waals surface area (Å²) in [5.74, 6) is -0.343. The lowest BCUT2D eigenvalue weighted by Gasteiger charge is -1.99. The van der Waals surface area contributed by atoms with E-state index in [2.05, 4.69) is 14.9 Å². The number of methoxy groups -OCH3 is 1. The summed E-state index contributed by atoms with van der Waals surface area (Å²) in [5, 5.41) is 7.36. The Labute approximate surface area is 74.5 Å². The van der Waals surface area contributed by atoms with Crippen LogP contribution in [0.1, 0.15) is 5.56 Å². The second-order valence-corrected chi connectivity index (χ2v) is 2.46. The number of carbonyl (C=O) groups excluding carboxylic acids is 1. The van der Waals surface area contributed by atoms with Crippen LogP contribution in [0.5, 0.6) is 0 Å². The monoisotopic (exact) mass is 186 g/mol. The lowest BCUT2D eigenvalue weighted by atomic mass is 10.2. The topological polar surface area (TPSA) is 52.1 Å². The third kappa shape index (κ3) is 2.17. The van der Waals surface area contributed by atoms with E-state index in [0.29, 0.717) is 5.56 Å². The Hall–Kier alpha value is -1.16. The van der Waals surface area contributed by atoms with E-state index in [1.54, 1.807) is 6.07 Å². The molecule has 0 amide bonds. The number of rotatable bonds is 2. The fourth-order valence-corrected chi connectivity index (χ4v) is 0.873. The minimum absolute atomic E-state index is 0.130. The van der Waals surface area contributed by atoms with Crippen LogP contribution in [-0.4, -0.2) is 23.3 Å². The molecule has 1 aromatic rings. The summed E-state index contributed by atoms with van der Waals surface area (Å²) in [6.45, 7) is 0. The lowest BCUT2D eigenvalue weighted by molar-refractivity contribution is -0.139. The largest absolute Gasteiger partial charge is 0.469 e. The minimum Gasteiger partial charge on any atom is -0.469 e. The van der Waals surface area contributed by atoms with Crippen LogP contribution in [0.15, 0.2) is 12.3 Å². The SMILES string of the molecule is COC(=O)Cc1ccnnc1Cl. The molecular weight excluding hydrogens is 180 g/mol. The highest BCUT2D eigenvalue weighted by Gasteiger charge is 2.06. The van der Waals surface area contributed by atoms with Gasteiger partial charge in [0.25, 0.3) is 0 Å². The van der Waals surface area contributed by atoms with Crippen molar-refractivity contribution in [1.29, 1.82) is 0 Å². The van der Waals surface area contributed by atoms with Gasteiger partial charge in [-0.1, -0.05) is 11.6 Å². The maximum atomic E-state index is 10.8. The average molecular weight is 187 g/mol. The molecule has 0 saturated carbocycles. The van der Waals surface area contributed by atoms with Crippen LogP contribution in [0.3, 0.4) is 0 Å². The molecule has 0 atom stereocenters. The summed E-state index contributed by atoms with van der Waals surface area (Å²) in [7, 11) is 1.32. The van der Waals surface area contributed by atoms with E-state index in [0.717, 1.165) is 0 Å². The Bertz CT molecular complexity index is 290. The normalized spacial score (nSPS) is 9.50. The van der Waals surface area contributed by atoms with Gasteiger partial charge in [-0.25, -0.2) is 0 Å². The molecule has 0 bridgehead atoms. The van der Waals surface area contributed by atoms with Gasteiger partial charge in [0.2, 0.25) is 0 Å². The summed E-state index contributed by atoms with van der Waals surface area (Å²) in [4.78, 5) is 10.8. The highest BCUT2D eigenvalue weighted by Crippen LogP contribution is 2.10. The maximum absolute atomic E-state index is 10.8. The number of hydrogen-bond acceptors (Lipinski definition) is 4. The van der Waals surface area contributed by atoms with Crippen LogP contribution < -0.4 is 0 Å². The number of ether oxygens (including phenoxy) is 1. The predicted octanol–water partition coefficient (Wildman–Crippen LogP) is 0.845. The molecule has 0 spiro atoms. The Balaban J connectivity index is 2.75. The molecular formula is C7H7ClN2O2. The van der Waals surface area contributed by atoms with E-state index in [1.165, 1.54) is 13.3 Å². The maximum Gasteiger partial charge on any atom is 0.310 e. The quantitative estimate of drug-likeness (QED) is 0.643. The average Bonchev–Trinajstić information content (AvgIpc) is 2.09. The summed E-state index contributed by atoms with van der Waals surface area (Å²) < 4.78 is 4.46. The van der Waals surface area contributed by atoms with Crippen LogP contribution in [-0.2, 0) is 16.0 Å². The molecule has 12 heavy (non-hydrogen) atoms. The van der Waals surface area contributed by atoms with Crippen LogP contribution in [0, 0.1) is 0 Å². The van der Waals surface area contributed by atoms with E-state index in [-0.39, 0.29) is 17.5 Å². The van der Waals surface area contributed by atoms with Crippen molar-refractivity contribution in [3.8, 4) is 0 Å². The number of halogens is 1. The summed E-state index contributed by atoms with van der Waals surface area (Å²) in [5.41, 5.74) is 0.624. The third-order valence-electron chi connectivity index (χ3n) is 1.32. The Kier molecular flexibility index (Phi) is 2.99. The van der Waals surface area contributed by atoms with Crippen molar-refractivity contribution in [2.24, 2.45) is 0 Å². The van der Waals surface area contributed by atoms with Crippen LogP contribution >= 0.6 is 11.6 Å². The molecule has 0 aromatic carbocycles. The summed E-state index contributed by atoms with van der Waals surface area (Å²) in [6.07, 6.45) is 1.61. The molecule has 0 N–H and O–H groups in total. The highest BCUT2D eigenvalue weighted by atomic mass is 35.5. The highest BCUT2D eigenvalue weighted by molar-refractivity contribution is 6.30. The van der Waals surface area contributed by atoms with Gasteiger partial charge in [-0.05, 0) is 6.07 Å². The predicted molar refractivity (Wildman–Crippen MR) is 42.8 cm³/mol. The molecule has 1 rings (SSSR count). The fraction of sp³-hybridized carbons (Fsp3) is 0.286. The van der Waals surface area contributed by atoms with E-state index in [9.17, 15) is 4.79 Å². The number of nitrogens with zero attached hydrogens (tertiary/aromatic N) is 2. The molecule has 64 valence electrons. The number of hydrogen-bond donors (Lipinski definition) is 0. The van der Waals surface area contributed by atoms with E-state index in [1.807, 2.05) is 0 Å². The second-order valence-electron chi connectivity index (χ2n) is 2.10. The Morgan fingerprint density at radius 2 is 2.50 bits per heavy atom. The molecule has 5 heteroatoms. The lowest BCUT2D eigenvalue weighted by Crippen LogP contribution is -2.05. The van der Waals surface area contributed by atoms with Crippen molar-refractivity contribution < 1.29 is 9.53 Å². The molecule has 1 aromatic heterocycles. The van der Waals surface area contributed by atoms with Gasteiger partial charge in [-0.3, -0.25) is 4.79 Å². The van der Waals surface area contributed by atoms with Gasteiger partial charge >= 0.3 is 5.97 Å². The molecule has 0 aliphatic carbocycles. The van der Waals surface area contributed by atoms with Crippen molar-refractivity contribution in [3.05, 3.63) is 23.0 Å². The first-order valence-corrected chi connectivity index (χ1v) is 3.64. The standard InChI is InChI=1S/C7H7ClN2O2/c1-12-6(11)4-5-2-3-9-10-7(5)8/h2-3H,4H2,1H3. The van der Waals surface area contributed by atoms with Crippen molar-refractivity contribution in [2.45, 2.75) is 6.42 Å². The zero-order valence-corrected chi connectivity index (χ0v) is 7.21. The van der Waals surface area contributed by atoms with Gasteiger partial charge in [0.15, 0.2) is 5.15 Å². The zero-order valence-electron chi connectivity index (χ0n) is 6.45. The molecule has 1 heterocycles. The van der Waals surface area contributed by atoms with Gasteiger partial charge in [0.05, 0.1) is 13.5 Å². The van der Waals surface area contributed by atoms with Gasteiger partial charge in [0.1, 0.15) is 0 Å². The van der Waals surface area contributed by atoms with Crippen molar-refractivity contribution in [2.75, 3.05) is 7.11 Å². The summed E-state index contributed by atoms with van der Waals surface area (Å²) in [6, 6.07) is 1.63. The van der Waals surface area contributed by atoms with Crippen LogP contribution in [0.4, 0.5) is 0 Å². The van der Waals surface area contributed by atoms with E-state index in [4.69, 9.17) is 11.6 Å². The first-order chi connectivity index (χ1) is 5.74. The second kappa shape index (κ2) is 4.01. The van der Waals surface area contributed by atoms with Crippen molar-refractivity contribution in [1.82, 2.24) is 10.2 Å². The van der Waals surface area contributed by atoms with Crippen LogP contribution in [0.25, 0.3) is 0 Å². The molecule has 0 aliphatic heterocycles. The van der Waals surface area contributed by atoms with Crippen molar-refractivity contribution >= 4 is 17.6 Å². The molecule has 0 unspecified atom stereocenters. The first kappa shape index (κ1) is 8.93. The minimum atomic E-state index is -0.343. The summed E-state index contributed by atoms with van der Waals surface area (Å²) >= 11 is 5.64. The number of carbonyl (C=O) groups is 1. The van der Waals surface area contributed by atoms with E-state index < -0.39 is 0 Å².